The number of fused-ring (bicyclic) bond motifs is 1. The predicted octanol–water partition coefficient (Wildman–Crippen LogP) is 4.42. The Balaban J connectivity index is 1.31. The summed E-state index contributed by atoms with van der Waals surface area (Å²) in [5, 5.41) is 0.799. The van der Waals surface area contributed by atoms with Crippen LogP contribution in [0.5, 0.6) is 0 Å². The average molecular weight is 529 g/mol. The highest BCUT2D eigenvalue weighted by Gasteiger charge is 2.32. The molecule has 7 nitrogen and oxygen atoms in total. The van der Waals surface area contributed by atoms with E-state index in [1.54, 1.807) is 29.3 Å². The zero-order valence-corrected chi connectivity index (χ0v) is 21.5. The van der Waals surface area contributed by atoms with Gasteiger partial charge >= 0.3 is 0 Å². The Hall–Kier alpha value is -2.79. The molecule has 0 saturated carbocycles. The summed E-state index contributed by atoms with van der Waals surface area (Å²) in [6.07, 6.45) is 4.00. The molecule has 2 aliphatic rings. The van der Waals surface area contributed by atoms with Gasteiger partial charge < -0.3 is 14.2 Å². The van der Waals surface area contributed by atoms with Crippen LogP contribution < -0.4 is 4.72 Å². The molecule has 0 bridgehead atoms. The number of aromatic nitrogens is 1. The van der Waals surface area contributed by atoms with E-state index in [2.05, 4.69) is 14.6 Å². The number of halogens is 2. The number of piperazine rings is 1. The van der Waals surface area contributed by atoms with Gasteiger partial charge in [0.05, 0.1) is 11.8 Å². The molecule has 5 rings (SSSR count). The van der Waals surface area contributed by atoms with Crippen LogP contribution >= 0.6 is 0 Å². The lowest BCUT2D eigenvalue weighted by molar-refractivity contribution is 0.0182. The first kappa shape index (κ1) is 25.8. The van der Waals surface area contributed by atoms with Crippen LogP contribution in [-0.2, 0) is 22.0 Å². The minimum Gasteiger partial charge on any atom is -0.588 e. The number of benzene rings is 2. The summed E-state index contributed by atoms with van der Waals surface area (Å²) < 4.78 is 50.9. The smallest absolute Gasteiger partial charge is 0.272 e. The molecule has 1 amide bonds. The number of hydrogen-bond acceptors (Lipinski definition) is 6. The standard InChI is InChI=1S/C27H30F2N4O3S/c1-27(28,29)22-17-20(26(34)33-14-12-32(13-15-33)18-21-7-4-16-36-21)9-10-23(22)31-37(35)24-8-2-5-19-6-3-11-30-25(19)24/h2-3,5-6,8-11,17,21,31H,4,7,12-16,18H2,1H3. The number of carbonyl (C=O) groups is 1. The molecule has 3 aromatic rings. The van der Waals surface area contributed by atoms with E-state index in [1.165, 1.54) is 18.2 Å². The van der Waals surface area contributed by atoms with E-state index in [9.17, 15) is 18.1 Å². The number of carbonyl (C=O) groups excluding carboxylic acids is 1. The monoisotopic (exact) mass is 528 g/mol. The fourth-order valence-corrected chi connectivity index (χ4v) is 5.94. The maximum Gasteiger partial charge on any atom is 0.272 e. The van der Waals surface area contributed by atoms with Gasteiger partial charge in [0.15, 0.2) is 0 Å². The number of amides is 1. The largest absolute Gasteiger partial charge is 0.588 e. The molecule has 1 aromatic heterocycles. The Bertz CT molecular complexity index is 1250. The van der Waals surface area contributed by atoms with Crippen LogP contribution in [0.1, 0.15) is 35.7 Å². The first-order valence-electron chi connectivity index (χ1n) is 12.5. The molecule has 2 aromatic carbocycles. The lowest BCUT2D eigenvalue weighted by Gasteiger charge is -2.35. The molecule has 2 saturated heterocycles. The molecule has 196 valence electrons. The molecular formula is C27H30F2N4O3S. The number of hydrogen-bond donors (Lipinski definition) is 1. The molecule has 1 N–H and O–H groups in total. The SMILES string of the molecule is CC(F)(F)c1cc(C(=O)N2CCN(CC3CCCO3)CC2)ccc1N[S+]([O-])c1cccc2cccnc12. The maximum absolute atomic E-state index is 14.7. The van der Waals surface area contributed by atoms with E-state index in [1.807, 2.05) is 12.1 Å². The van der Waals surface area contributed by atoms with Crippen molar-refractivity contribution in [2.75, 3.05) is 44.1 Å². The summed E-state index contributed by atoms with van der Waals surface area (Å²) in [5.74, 6) is -3.53. The summed E-state index contributed by atoms with van der Waals surface area (Å²) >= 11 is -1.84. The van der Waals surface area contributed by atoms with Gasteiger partial charge in [-0.1, -0.05) is 18.2 Å². The van der Waals surface area contributed by atoms with Crippen LogP contribution in [0.4, 0.5) is 14.5 Å². The van der Waals surface area contributed by atoms with Crippen molar-refractivity contribution in [3.05, 3.63) is 65.9 Å². The van der Waals surface area contributed by atoms with Crippen LogP contribution in [0.15, 0.2) is 59.6 Å². The minimum absolute atomic E-state index is 0.0108. The summed E-state index contributed by atoms with van der Waals surface area (Å²) in [5.41, 5.74) is 0.354. The number of nitrogens with zero attached hydrogens (tertiary/aromatic N) is 3. The molecule has 3 heterocycles. The van der Waals surface area contributed by atoms with Crippen LogP contribution in [-0.4, -0.2) is 70.7 Å². The Kier molecular flexibility index (Phi) is 7.62. The number of anilines is 1. The Morgan fingerprint density at radius 2 is 1.97 bits per heavy atom. The number of rotatable bonds is 7. The molecule has 2 fully saturated rings. The van der Waals surface area contributed by atoms with Gasteiger partial charge in [-0.2, -0.15) is 0 Å². The Morgan fingerprint density at radius 1 is 1.19 bits per heavy atom. The number of pyridine rings is 1. The number of alkyl halides is 2. The second-order valence-electron chi connectivity index (χ2n) is 9.58. The van der Waals surface area contributed by atoms with Gasteiger partial charge in [0, 0.05) is 69.0 Å². The third kappa shape index (κ3) is 5.87. The number of nitrogens with one attached hydrogen (secondary N) is 1. The van der Waals surface area contributed by atoms with E-state index < -0.39 is 17.3 Å². The molecule has 2 unspecified atom stereocenters. The normalized spacial score (nSPS) is 19.8. The number of para-hydroxylation sites is 1. The Labute approximate surface area is 218 Å². The maximum atomic E-state index is 14.7. The highest BCUT2D eigenvalue weighted by Crippen LogP contribution is 2.35. The molecule has 2 aliphatic heterocycles. The summed E-state index contributed by atoms with van der Waals surface area (Å²) in [6, 6.07) is 13.0. The van der Waals surface area contributed by atoms with Crippen molar-refractivity contribution in [2.45, 2.75) is 36.7 Å². The second-order valence-corrected chi connectivity index (χ2v) is 10.8. The third-order valence-electron chi connectivity index (χ3n) is 6.88. The van der Waals surface area contributed by atoms with E-state index in [4.69, 9.17) is 4.74 Å². The van der Waals surface area contributed by atoms with E-state index in [-0.39, 0.29) is 28.8 Å². The minimum atomic E-state index is -3.25. The van der Waals surface area contributed by atoms with Crippen molar-refractivity contribution in [3.63, 3.8) is 0 Å². The van der Waals surface area contributed by atoms with Gasteiger partial charge in [0.1, 0.15) is 16.9 Å². The van der Waals surface area contributed by atoms with Crippen LogP contribution in [0.2, 0.25) is 0 Å². The zero-order valence-electron chi connectivity index (χ0n) is 20.7. The zero-order chi connectivity index (χ0) is 26.0. The molecule has 0 radical (unpaired) electrons. The predicted molar refractivity (Wildman–Crippen MR) is 139 cm³/mol. The van der Waals surface area contributed by atoms with Crippen molar-refractivity contribution in [1.29, 1.82) is 0 Å². The summed E-state index contributed by atoms with van der Waals surface area (Å²) in [6.45, 7) is 4.94. The fraction of sp³-hybridized carbons (Fsp3) is 0.407. The molecule has 0 spiro atoms. The van der Waals surface area contributed by atoms with Gasteiger partial charge in [-0.05, 0) is 43.2 Å². The van der Waals surface area contributed by atoms with Crippen LogP contribution in [0, 0.1) is 0 Å². The average Bonchev–Trinajstić information content (AvgIpc) is 3.41. The van der Waals surface area contributed by atoms with E-state index in [0.717, 1.165) is 51.4 Å². The van der Waals surface area contributed by atoms with Gasteiger partial charge in [-0.25, -0.2) is 13.5 Å². The van der Waals surface area contributed by atoms with Crippen molar-refractivity contribution >= 4 is 33.9 Å². The Morgan fingerprint density at radius 3 is 2.70 bits per heavy atom. The van der Waals surface area contributed by atoms with Crippen LogP contribution in [0.3, 0.4) is 0 Å². The first-order valence-corrected chi connectivity index (χ1v) is 13.6. The number of ether oxygens (including phenoxy) is 1. The summed E-state index contributed by atoms with van der Waals surface area (Å²) in [4.78, 5) is 21.9. The third-order valence-corrected chi connectivity index (χ3v) is 8.02. The highest BCUT2D eigenvalue weighted by molar-refractivity contribution is 7.93. The summed E-state index contributed by atoms with van der Waals surface area (Å²) in [7, 11) is 0. The quantitative estimate of drug-likeness (QED) is 0.458. The fourth-order valence-electron chi connectivity index (χ4n) is 4.90. The highest BCUT2D eigenvalue weighted by atomic mass is 32.2. The van der Waals surface area contributed by atoms with Crippen molar-refractivity contribution < 1.29 is 22.9 Å². The van der Waals surface area contributed by atoms with Crippen LogP contribution in [0.25, 0.3) is 10.9 Å². The van der Waals surface area contributed by atoms with E-state index in [0.29, 0.717) is 23.5 Å². The molecular weight excluding hydrogens is 498 g/mol. The molecule has 10 heteroatoms. The van der Waals surface area contributed by atoms with Crippen molar-refractivity contribution in [1.82, 2.24) is 14.8 Å². The van der Waals surface area contributed by atoms with Gasteiger partial charge in [-0.3, -0.25) is 14.7 Å². The lowest BCUT2D eigenvalue weighted by Crippen LogP contribution is -2.50. The second kappa shape index (κ2) is 10.9. The van der Waals surface area contributed by atoms with E-state index >= 15 is 0 Å². The van der Waals surface area contributed by atoms with Gasteiger partial charge in [-0.15, -0.1) is 0 Å². The van der Waals surface area contributed by atoms with Crippen molar-refractivity contribution in [2.24, 2.45) is 0 Å². The van der Waals surface area contributed by atoms with Gasteiger partial charge in [0.2, 0.25) is 4.90 Å². The van der Waals surface area contributed by atoms with Crippen molar-refractivity contribution in [3.8, 4) is 0 Å². The first-order chi connectivity index (χ1) is 17.8. The lowest BCUT2D eigenvalue weighted by atomic mass is 10.0. The topological polar surface area (TPSA) is 80.8 Å². The van der Waals surface area contributed by atoms with Gasteiger partial charge in [0.25, 0.3) is 11.8 Å². The molecule has 2 atom stereocenters. The molecule has 37 heavy (non-hydrogen) atoms. The molecule has 0 aliphatic carbocycles.